The summed E-state index contributed by atoms with van der Waals surface area (Å²) in [5, 5.41) is 7.79. The molecule has 0 aliphatic rings. The van der Waals surface area contributed by atoms with Gasteiger partial charge in [-0.15, -0.1) is 0 Å². The van der Waals surface area contributed by atoms with Crippen LogP contribution in [0.5, 0.6) is 0 Å². The first kappa shape index (κ1) is 22.6. The fourth-order valence-corrected chi connectivity index (χ4v) is 5.86. The summed E-state index contributed by atoms with van der Waals surface area (Å²) in [6.07, 6.45) is 0. The number of para-hydroxylation sites is 4. The molecule has 8 rings (SSSR count). The molecule has 3 nitrogen and oxygen atoms in total. The monoisotopic (exact) mass is 518 g/mol. The van der Waals surface area contributed by atoms with E-state index in [-0.39, 0.29) is 5.82 Å². The maximum absolute atomic E-state index is 13.8. The second-order valence-corrected chi connectivity index (χ2v) is 10.0. The topological polar surface area (TPSA) is 30.1 Å². The van der Waals surface area contributed by atoms with Crippen molar-refractivity contribution in [1.29, 1.82) is 0 Å². The number of furan rings is 1. The molecule has 6 aromatic carbocycles. The van der Waals surface area contributed by atoms with E-state index in [9.17, 15) is 4.39 Å². The van der Waals surface area contributed by atoms with Crippen molar-refractivity contribution in [2.75, 3.05) is 5.32 Å². The average Bonchev–Trinajstić information content (AvgIpc) is 3.54. The van der Waals surface area contributed by atoms with Crippen LogP contribution in [0.1, 0.15) is 0 Å². The van der Waals surface area contributed by atoms with E-state index in [4.69, 9.17) is 4.42 Å². The minimum Gasteiger partial charge on any atom is -0.453 e. The van der Waals surface area contributed by atoms with E-state index < -0.39 is 0 Å². The van der Waals surface area contributed by atoms with E-state index in [1.807, 2.05) is 24.3 Å². The van der Waals surface area contributed by atoms with E-state index in [1.54, 1.807) is 6.07 Å². The first-order chi connectivity index (χ1) is 19.7. The Kier molecular flexibility index (Phi) is 5.01. The van der Waals surface area contributed by atoms with Crippen molar-refractivity contribution in [1.82, 2.24) is 4.57 Å². The number of hydrogen-bond acceptors (Lipinski definition) is 2. The highest BCUT2D eigenvalue weighted by Gasteiger charge is 2.17. The lowest BCUT2D eigenvalue weighted by molar-refractivity contribution is 0.628. The van der Waals surface area contributed by atoms with E-state index in [0.717, 1.165) is 50.0 Å². The number of benzene rings is 6. The number of anilines is 2. The van der Waals surface area contributed by atoms with Crippen LogP contribution in [0.4, 0.5) is 15.8 Å². The summed E-state index contributed by atoms with van der Waals surface area (Å²) in [6, 6.07) is 44.4. The first-order valence-electron chi connectivity index (χ1n) is 13.3. The molecular formula is C36H23FN2O. The van der Waals surface area contributed by atoms with E-state index in [1.165, 1.54) is 28.4 Å². The molecule has 0 saturated heterocycles. The van der Waals surface area contributed by atoms with Crippen LogP contribution in [0.25, 0.3) is 60.6 Å². The van der Waals surface area contributed by atoms with Crippen molar-refractivity contribution in [2.45, 2.75) is 0 Å². The van der Waals surface area contributed by atoms with Gasteiger partial charge in [0.25, 0.3) is 0 Å². The number of aromatic nitrogens is 1. The molecular weight excluding hydrogens is 495 g/mol. The van der Waals surface area contributed by atoms with Gasteiger partial charge in [0.05, 0.1) is 16.7 Å². The second-order valence-electron chi connectivity index (χ2n) is 10.0. The summed E-state index contributed by atoms with van der Waals surface area (Å²) in [5.41, 5.74) is 8.65. The lowest BCUT2D eigenvalue weighted by atomic mass is 10.00. The Morgan fingerprint density at radius 1 is 0.550 bits per heavy atom. The number of fused-ring (bicyclic) bond motifs is 6. The third kappa shape index (κ3) is 3.50. The van der Waals surface area contributed by atoms with Crippen LogP contribution in [-0.2, 0) is 0 Å². The summed E-state index contributed by atoms with van der Waals surface area (Å²) in [5.74, 6) is -0.284. The van der Waals surface area contributed by atoms with Crippen molar-refractivity contribution < 1.29 is 8.81 Å². The standard InChI is InChI=1S/C36H23FN2O/c37-24-9-6-10-25(22-24)38-32-17-8-16-30-29-15-7-14-27(35(29)40-36(30)32)23-19-20-34-31(21-23)28-13-4-5-18-33(28)39(34)26-11-2-1-3-12-26/h1-22,38H. The highest BCUT2D eigenvalue weighted by Crippen LogP contribution is 2.41. The van der Waals surface area contributed by atoms with Gasteiger partial charge in [0.15, 0.2) is 5.58 Å². The quantitative estimate of drug-likeness (QED) is 0.251. The summed E-state index contributed by atoms with van der Waals surface area (Å²) in [6.45, 7) is 0. The van der Waals surface area contributed by atoms with Crippen LogP contribution in [0.15, 0.2) is 138 Å². The number of nitrogens with zero attached hydrogens (tertiary/aromatic N) is 1. The molecule has 0 atom stereocenters. The number of nitrogens with one attached hydrogen (secondary N) is 1. The zero-order valence-corrected chi connectivity index (χ0v) is 21.4. The van der Waals surface area contributed by atoms with Gasteiger partial charge in [-0.3, -0.25) is 0 Å². The Morgan fingerprint density at radius 3 is 2.15 bits per heavy atom. The van der Waals surface area contributed by atoms with Crippen LogP contribution in [0.2, 0.25) is 0 Å². The molecule has 4 heteroatoms. The van der Waals surface area contributed by atoms with E-state index in [2.05, 4.69) is 101 Å². The van der Waals surface area contributed by atoms with Crippen LogP contribution in [0.3, 0.4) is 0 Å². The van der Waals surface area contributed by atoms with Gasteiger partial charge in [-0.25, -0.2) is 4.39 Å². The molecule has 190 valence electrons. The Balaban J connectivity index is 1.32. The predicted molar refractivity (Wildman–Crippen MR) is 163 cm³/mol. The molecule has 0 saturated carbocycles. The van der Waals surface area contributed by atoms with E-state index in [0.29, 0.717) is 5.69 Å². The van der Waals surface area contributed by atoms with Gasteiger partial charge >= 0.3 is 0 Å². The van der Waals surface area contributed by atoms with Gasteiger partial charge in [-0.05, 0) is 60.2 Å². The molecule has 2 heterocycles. The zero-order chi connectivity index (χ0) is 26.6. The van der Waals surface area contributed by atoms with Crippen LogP contribution in [0, 0.1) is 5.82 Å². The average molecular weight is 519 g/mol. The normalized spacial score (nSPS) is 11.6. The smallest absolute Gasteiger partial charge is 0.158 e. The van der Waals surface area contributed by atoms with Gasteiger partial charge in [-0.1, -0.05) is 78.9 Å². The Labute approximate surface area is 229 Å². The maximum Gasteiger partial charge on any atom is 0.158 e. The lowest BCUT2D eigenvalue weighted by Crippen LogP contribution is -1.92. The fourth-order valence-electron chi connectivity index (χ4n) is 5.86. The van der Waals surface area contributed by atoms with Crippen molar-refractivity contribution in [3.05, 3.63) is 139 Å². The molecule has 0 radical (unpaired) electrons. The van der Waals surface area contributed by atoms with Crippen LogP contribution in [-0.4, -0.2) is 4.57 Å². The van der Waals surface area contributed by atoms with E-state index >= 15 is 0 Å². The van der Waals surface area contributed by atoms with Gasteiger partial charge in [0, 0.05) is 38.5 Å². The van der Waals surface area contributed by atoms with Crippen LogP contribution < -0.4 is 5.32 Å². The number of halogens is 1. The van der Waals surface area contributed by atoms with Crippen molar-refractivity contribution >= 4 is 55.1 Å². The van der Waals surface area contributed by atoms with Gasteiger partial charge in [0.2, 0.25) is 0 Å². The largest absolute Gasteiger partial charge is 0.453 e. The molecule has 2 aromatic heterocycles. The molecule has 0 spiro atoms. The van der Waals surface area contributed by atoms with Gasteiger partial charge < -0.3 is 14.3 Å². The van der Waals surface area contributed by atoms with Crippen molar-refractivity contribution in [3.8, 4) is 16.8 Å². The second kappa shape index (κ2) is 8.85. The van der Waals surface area contributed by atoms with Crippen molar-refractivity contribution in [2.24, 2.45) is 0 Å². The van der Waals surface area contributed by atoms with Gasteiger partial charge in [0.1, 0.15) is 11.4 Å². The molecule has 8 aromatic rings. The third-order valence-electron chi connectivity index (χ3n) is 7.63. The molecule has 1 N–H and O–H groups in total. The lowest BCUT2D eigenvalue weighted by Gasteiger charge is -2.08. The third-order valence-corrected chi connectivity index (χ3v) is 7.63. The number of hydrogen-bond donors (Lipinski definition) is 1. The predicted octanol–water partition coefficient (Wildman–Crippen LogP) is 10.2. The minimum atomic E-state index is -0.284. The molecule has 0 aliphatic carbocycles. The SMILES string of the molecule is Fc1cccc(Nc2cccc3c2oc2c(-c4ccc5c(c4)c4ccccc4n5-c4ccccc4)cccc23)c1. The summed E-state index contributed by atoms with van der Waals surface area (Å²) >= 11 is 0. The maximum atomic E-state index is 13.8. The molecule has 0 amide bonds. The summed E-state index contributed by atoms with van der Waals surface area (Å²) < 4.78 is 22.7. The minimum absolute atomic E-state index is 0.284. The highest BCUT2D eigenvalue weighted by molar-refractivity contribution is 6.14. The zero-order valence-electron chi connectivity index (χ0n) is 21.4. The summed E-state index contributed by atoms with van der Waals surface area (Å²) in [7, 11) is 0. The Bertz CT molecular complexity index is 2210. The Hall–Kier alpha value is -5.35. The molecule has 0 fully saturated rings. The first-order valence-corrected chi connectivity index (χ1v) is 13.3. The fraction of sp³-hybridized carbons (Fsp3) is 0. The number of rotatable bonds is 4. The van der Waals surface area contributed by atoms with Gasteiger partial charge in [-0.2, -0.15) is 0 Å². The highest BCUT2D eigenvalue weighted by atomic mass is 19.1. The summed E-state index contributed by atoms with van der Waals surface area (Å²) in [4.78, 5) is 0. The molecule has 40 heavy (non-hydrogen) atoms. The van der Waals surface area contributed by atoms with Crippen LogP contribution >= 0.6 is 0 Å². The molecule has 0 aliphatic heterocycles. The van der Waals surface area contributed by atoms with Crippen molar-refractivity contribution in [3.63, 3.8) is 0 Å². The Morgan fingerprint density at radius 2 is 1.27 bits per heavy atom. The molecule has 0 unspecified atom stereocenters. The molecule has 0 bridgehead atoms.